The second-order valence-corrected chi connectivity index (χ2v) is 6.35. The van der Waals surface area contributed by atoms with E-state index in [0.29, 0.717) is 33.7 Å². The first-order valence-electron chi connectivity index (χ1n) is 8.94. The molecular weight excluding hydrogens is 388 g/mol. The first-order chi connectivity index (χ1) is 14.5. The van der Waals surface area contributed by atoms with Gasteiger partial charge in [-0.3, -0.25) is 20.0 Å². The van der Waals surface area contributed by atoms with Gasteiger partial charge in [0.15, 0.2) is 23.0 Å². The number of nitrogens with zero attached hydrogens (tertiary/aromatic N) is 4. The van der Waals surface area contributed by atoms with Crippen molar-refractivity contribution in [3.63, 3.8) is 0 Å². The number of ether oxygens (including phenoxy) is 2. The van der Waals surface area contributed by atoms with Gasteiger partial charge in [0, 0.05) is 18.0 Å². The van der Waals surface area contributed by atoms with Crippen LogP contribution in [-0.4, -0.2) is 45.1 Å². The average molecular weight is 406 g/mol. The predicted molar refractivity (Wildman–Crippen MR) is 110 cm³/mol. The van der Waals surface area contributed by atoms with E-state index in [4.69, 9.17) is 9.47 Å². The molecule has 1 amide bonds. The van der Waals surface area contributed by atoms with Crippen molar-refractivity contribution in [1.82, 2.24) is 25.0 Å². The van der Waals surface area contributed by atoms with Gasteiger partial charge in [0.2, 0.25) is 5.95 Å². The standard InChI is InChI=1S/C20H18N6O4/c1-26-19(28)13-7-5-4-6-12(13)16(25-26)18(27)22-20-21-17(23-24-20)11-8-9-14(29-2)15(10-11)30-3/h4-10H,1-3H3,(H2,21,22,23,24,27). The molecule has 152 valence electrons. The largest absolute Gasteiger partial charge is 0.493 e. The maximum absolute atomic E-state index is 12.8. The smallest absolute Gasteiger partial charge is 0.279 e. The SMILES string of the molecule is COc1ccc(-c2nc(NC(=O)c3nn(C)c(=O)c4ccccc34)n[nH]2)cc1OC. The number of hydrogen-bond donors (Lipinski definition) is 2. The summed E-state index contributed by atoms with van der Waals surface area (Å²) in [6.07, 6.45) is 0. The second-order valence-electron chi connectivity index (χ2n) is 6.35. The molecule has 10 nitrogen and oxygen atoms in total. The van der Waals surface area contributed by atoms with E-state index in [2.05, 4.69) is 25.6 Å². The Labute approximate surface area is 170 Å². The van der Waals surface area contributed by atoms with Gasteiger partial charge in [-0.1, -0.05) is 18.2 Å². The maximum Gasteiger partial charge on any atom is 0.279 e. The molecule has 0 radical (unpaired) electrons. The summed E-state index contributed by atoms with van der Waals surface area (Å²) in [6.45, 7) is 0. The zero-order valence-corrected chi connectivity index (χ0v) is 16.5. The Morgan fingerprint density at radius 2 is 1.80 bits per heavy atom. The molecule has 2 N–H and O–H groups in total. The average Bonchev–Trinajstić information content (AvgIpc) is 3.24. The van der Waals surface area contributed by atoms with Crippen LogP contribution >= 0.6 is 0 Å². The van der Waals surface area contributed by atoms with E-state index < -0.39 is 5.91 Å². The molecule has 4 rings (SSSR count). The van der Waals surface area contributed by atoms with E-state index in [1.165, 1.54) is 14.2 Å². The summed E-state index contributed by atoms with van der Waals surface area (Å²) in [6, 6.07) is 12.1. The van der Waals surface area contributed by atoms with Crippen LogP contribution in [0.3, 0.4) is 0 Å². The van der Waals surface area contributed by atoms with E-state index in [-0.39, 0.29) is 17.2 Å². The van der Waals surface area contributed by atoms with Crippen molar-refractivity contribution in [2.24, 2.45) is 7.05 Å². The number of carbonyl (C=O) groups is 1. The van der Waals surface area contributed by atoms with Crippen LogP contribution in [0.15, 0.2) is 47.3 Å². The summed E-state index contributed by atoms with van der Waals surface area (Å²) >= 11 is 0. The molecule has 2 aromatic carbocycles. The van der Waals surface area contributed by atoms with Gasteiger partial charge < -0.3 is 9.47 Å². The van der Waals surface area contributed by atoms with E-state index in [1.807, 2.05) is 0 Å². The first-order valence-corrected chi connectivity index (χ1v) is 8.94. The second kappa shape index (κ2) is 7.66. The third-order valence-corrected chi connectivity index (χ3v) is 4.54. The van der Waals surface area contributed by atoms with Crippen LogP contribution in [0.2, 0.25) is 0 Å². The van der Waals surface area contributed by atoms with Crippen molar-refractivity contribution in [2.75, 3.05) is 19.5 Å². The Morgan fingerprint density at radius 1 is 1.07 bits per heavy atom. The van der Waals surface area contributed by atoms with Gasteiger partial charge in [0.25, 0.3) is 11.5 Å². The van der Waals surface area contributed by atoms with Gasteiger partial charge in [0.1, 0.15) is 0 Å². The van der Waals surface area contributed by atoms with Crippen molar-refractivity contribution in [3.8, 4) is 22.9 Å². The molecule has 0 aliphatic heterocycles. The minimum Gasteiger partial charge on any atom is -0.493 e. The Kier molecular flexibility index (Phi) is 4.88. The minimum atomic E-state index is -0.528. The minimum absolute atomic E-state index is 0.0736. The number of H-pyrrole nitrogens is 1. The normalized spacial score (nSPS) is 10.8. The Hall–Kier alpha value is -4.21. The highest BCUT2D eigenvalue weighted by Gasteiger charge is 2.18. The number of methoxy groups -OCH3 is 2. The first kappa shape index (κ1) is 19.1. The molecule has 0 spiro atoms. The van der Waals surface area contributed by atoms with Crippen LogP contribution < -0.4 is 20.3 Å². The highest BCUT2D eigenvalue weighted by molar-refractivity contribution is 6.10. The fourth-order valence-corrected chi connectivity index (χ4v) is 3.06. The third kappa shape index (κ3) is 3.34. The number of benzene rings is 2. The van der Waals surface area contributed by atoms with Gasteiger partial charge in [-0.2, -0.15) is 10.1 Å². The topological polar surface area (TPSA) is 124 Å². The number of aromatic nitrogens is 5. The van der Waals surface area contributed by atoms with Gasteiger partial charge in [0.05, 0.1) is 19.6 Å². The summed E-state index contributed by atoms with van der Waals surface area (Å²) in [5.74, 6) is 1.11. The van der Waals surface area contributed by atoms with E-state index in [9.17, 15) is 9.59 Å². The Balaban J connectivity index is 1.64. The summed E-state index contributed by atoms with van der Waals surface area (Å²) in [5, 5.41) is 14.4. The zero-order valence-electron chi connectivity index (χ0n) is 16.5. The summed E-state index contributed by atoms with van der Waals surface area (Å²) in [4.78, 5) is 29.3. The van der Waals surface area contributed by atoms with Crippen molar-refractivity contribution in [2.45, 2.75) is 0 Å². The molecule has 10 heteroatoms. The summed E-state index contributed by atoms with van der Waals surface area (Å²) in [5.41, 5.74) is 0.521. The zero-order chi connectivity index (χ0) is 21.3. The molecule has 0 aliphatic rings. The van der Waals surface area contributed by atoms with Gasteiger partial charge in [-0.25, -0.2) is 4.68 Å². The summed E-state index contributed by atoms with van der Waals surface area (Å²) in [7, 11) is 4.59. The van der Waals surface area contributed by atoms with Gasteiger partial charge in [-0.15, -0.1) is 5.10 Å². The fraction of sp³-hybridized carbons (Fsp3) is 0.150. The van der Waals surface area contributed by atoms with Crippen LogP contribution in [0.5, 0.6) is 11.5 Å². The molecule has 30 heavy (non-hydrogen) atoms. The number of aryl methyl sites for hydroxylation is 1. The van der Waals surface area contributed by atoms with Crippen molar-refractivity contribution in [3.05, 3.63) is 58.5 Å². The van der Waals surface area contributed by atoms with Crippen LogP contribution in [-0.2, 0) is 7.05 Å². The summed E-state index contributed by atoms with van der Waals surface area (Å²) < 4.78 is 11.7. The number of aromatic amines is 1. The highest BCUT2D eigenvalue weighted by Crippen LogP contribution is 2.31. The van der Waals surface area contributed by atoms with Crippen molar-refractivity contribution < 1.29 is 14.3 Å². The molecular formula is C20H18N6O4. The van der Waals surface area contributed by atoms with E-state index in [0.717, 1.165) is 4.68 Å². The molecule has 2 aromatic heterocycles. The van der Waals surface area contributed by atoms with Crippen LogP contribution in [0, 0.1) is 0 Å². The van der Waals surface area contributed by atoms with E-state index >= 15 is 0 Å². The Bertz CT molecular complexity index is 1310. The molecule has 0 saturated heterocycles. The molecule has 0 unspecified atom stereocenters. The number of carbonyl (C=O) groups excluding carboxylic acids is 1. The number of nitrogens with one attached hydrogen (secondary N) is 2. The Morgan fingerprint density at radius 3 is 2.53 bits per heavy atom. The number of fused-ring (bicyclic) bond motifs is 1. The number of hydrogen-bond acceptors (Lipinski definition) is 7. The molecule has 0 saturated carbocycles. The van der Waals surface area contributed by atoms with Crippen LogP contribution in [0.25, 0.3) is 22.2 Å². The van der Waals surface area contributed by atoms with Crippen LogP contribution in [0.4, 0.5) is 5.95 Å². The van der Waals surface area contributed by atoms with Crippen molar-refractivity contribution in [1.29, 1.82) is 0 Å². The van der Waals surface area contributed by atoms with Gasteiger partial charge >= 0.3 is 0 Å². The lowest BCUT2D eigenvalue weighted by Crippen LogP contribution is -2.25. The molecule has 4 aromatic rings. The predicted octanol–water partition coefficient (Wildman–Crippen LogP) is 1.99. The molecule has 2 heterocycles. The molecule has 0 fully saturated rings. The number of amides is 1. The van der Waals surface area contributed by atoms with Gasteiger partial charge in [-0.05, 0) is 24.3 Å². The van der Waals surface area contributed by atoms with Crippen LogP contribution in [0.1, 0.15) is 10.5 Å². The number of anilines is 1. The fourth-order valence-electron chi connectivity index (χ4n) is 3.06. The third-order valence-electron chi connectivity index (χ3n) is 4.54. The molecule has 0 aliphatic carbocycles. The molecule has 0 atom stereocenters. The lowest BCUT2D eigenvalue weighted by Gasteiger charge is -2.08. The molecule has 0 bridgehead atoms. The number of rotatable bonds is 5. The lowest BCUT2D eigenvalue weighted by atomic mass is 10.1. The highest BCUT2D eigenvalue weighted by atomic mass is 16.5. The quantitative estimate of drug-likeness (QED) is 0.519. The van der Waals surface area contributed by atoms with E-state index in [1.54, 1.807) is 49.6 Å². The van der Waals surface area contributed by atoms with Crippen molar-refractivity contribution >= 4 is 22.6 Å². The maximum atomic E-state index is 12.8. The monoisotopic (exact) mass is 406 g/mol. The lowest BCUT2D eigenvalue weighted by molar-refractivity contribution is 0.102.